The van der Waals surface area contributed by atoms with Crippen molar-refractivity contribution in [1.29, 1.82) is 0 Å². The number of carbonyl (C=O) groups is 3. The van der Waals surface area contributed by atoms with E-state index in [-0.39, 0.29) is 35.5 Å². The highest BCUT2D eigenvalue weighted by Gasteiger charge is 2.36. The first kappa shape index (κ1) is 27.6. The van der Waals surface area contributed by atoms with Gasteiger partial charge in [0.25, 0.3) is 0 Å². The zero-order chi connectivity index (χ0) is 27.6. The molecular formula is C26H28ClF3N4O4. The van der Waals surface area contributed by atoms with E-state index in [2.05, 4.69) is 5.32 Å². The number of amides is 3. The Morgan fingerprint density at radius 2 is 1.84 bits per heavy atom. The highest BCUT2D eigenvalue weighted by Crippen LogP contribution is 2.38. The predicted octanol–water partition coefficient (Wildman–Crippen LogP) is 4.66. The van der Waals surface area contributed by atoms with Crippen LogP contribution in [0.4, 0.5) is 29.3 Å². The van der Waals surface area contributed by atoms with Gasteiger partial charge in [-0.25, -0.2) is 4.79 Å². The minimum Gasteiger partial charge on any atom is -0.481 e. The molecule has 2 aliphatic rings. The molecule has 0 aromatic heterocycles. The Balaban J connectivity index is 1.36. The normalized spacial score (nSPS) is 17.4. The summed E-state index contributed by atoms with van der Waals surface area (Å²) in [6, 6.07) is 9.33. The van der Waals surface area contributed by atoms with Crippen molar-refractivity contribution in [2.24, 2.45) is 5.92 Å². The van der Waals surface area contributed by atoms with Gasteiger partial charge in [-0.2, -0.15) is 13.2 Å². The fraction of sp³-hybridized carbons (Fsp3) is 0.423. The number of likely N-dealkylation sites (tertiary alicyclic amines) is 1. The summed E-state index contributed by atoms with van der Waals surface area (Å²) in [6.45, 7) is 1.24. The number of piperidine rings is 1. The third-order valence-electron chi connectivity index (χ3n) is 7.15. The van der Waals surface area contributed by atoms with Gasteiger partial charge in [0.2, 0.25) is 5.91 Å². The molecule has 1 fully saturated rings. The maximum atomic E-state index is 13.3. The maximum absolute atomic E-state index is 13.3. The smallest absolute Gasteiger partial charge is 0.418 e. The van der Waals surface area contributed by atoms with Crippen molar-refractivity contribution in [1.82, 2.24) is 9.80 Å². The number of anilines is 2. The van der Waals surface area contributed by atoms with E-state index in [0.717, 1.165) is 17.3 Å². The number of nitrogens with one attached hydrogen (secondary N) is 1. The van der Waals surface area contributed by atoms with Crippen LogP contribution < -0.4 is 11.1 Å². The molecule has 4 N–H and O–H groups in total. The lowest BCUT2D eigenvalue weighted by Gasteiger charge is -2.38. The zero-order valence-electron chi connectivity index (χ0n) is 20.4. The summed E-state index contributed by atoms with van der Waals surface area (Å²) >= 11 is 5.86. The summed E-state index contributed by atoms with van der Waals surface area (Å²) in [5.41, 5.74) is 5.56. The number of alkyl halides is 3. The van der Waals surface area contributed by atoms with Crippen LogP contribution in [0.3, 0.4) is 0 Å². The van der Waals surface area contributed by atoms with Crippen molar-refractivity contribution in [3.63, 3.8) is 0 Å². The van der Waals surface area contributed by atoms with Gasteiger partial charge in [0, 0.05) is 37.8 Å². The minimum absolute atomic E-state index is 0.0311. The number of fused-ring (bicyclic) bond motifs is 1. The van der Waals surface area contributed by atoms with Crippen LogP contribution in [-0.4, -0.2) is 58.5 Å². The Labute approximate surface area is 222 Å². The summed E-state index contributed by atoms with van der Waals surface area (Å²) < 4.78 is 39.9. The first-order chi connectivity index (χ1) is 17.9. The van der Waals surface area contributed by atoms with Crippen LogP contribution in [0.5, 0.6) is 0 Å². The average Bonchev–Trinajstić information content (AvgIpc) is 3.03. The molecule has 3 amide bonds. The van der Waals surface area contributed by atoms with Crippen molar-refractivity contribution in [2.75, 3.05) is 30.7 Å². The minimum atomic E-state index is -4.75. The number of para-hydroxylation sites is 1. The molecule has 0 aliphatic carbocycles. The van der Waals surface area contributed by atoms with E-state index in [9.17, 15) is 32.7 Å². The molecule has 2 aromatic rings. The highest BCUT2D eigenvalue weighted by molar-refractivity contribution is 6.33. The summed E-state index contributed by atoms with van der Waals surface area (Å²) in [5, 5.41) is 12.3. The van der Waals surface area contributed by atoms with Crippen LogP contribution in [-0.2, 0) is 28.6 Å². The number of hydrogen-bond acceptors (Lipinski definition) is 4. The number of rotatable bonds is 6. The van der Waals surface area contributed by atoms with E-state index in [0.29, 0.717) is 38.9 Å². The predicted molar refractivity (Wildman–Crippen MR) is 136 cm³/mol. The van der Waals surface area contributed by atoms with Crippen LogP contribution >= 0.6 is 11.6 Å². The third-order valence-corrected chi connectivity index (χ3v) is 7.46. The summed E-state index contributed by atoms with van der Waals surface area (Å²) in [4.78, 5) is 41.0. The van der Waals surface area contributed by atoms with Crippen molar-refractivity contribution < 1.29 is 32.7 Å². The Morgan fingerprint density at radius 1 is 1.16 bits per heavy atom. The quantitative estimate of drug-likeness (QED) is 0.451. The molecule has 2 heterocycles. The molecule has 1 unspecified atom stereocenters. The van der Waals surface area contributed by atoms with E-state index in [1.807, 2.05) is 24.3 Å². The van der Waals surface area contributed by atoms with Crippen molar-refractivity contribution in [3.05, 3.63) is 58.1 Å². The second-order valence-corrected chi connectivity index (χ2v) is 10.0. The number of nitrogens with zero attached hydrogens (tertiary/aromatic N) is 2. The number of urea groups is 1. The number of aliphatic carboxylic acids is 1. The van der Waals surface area contributed by atoms with E-state index in [1.165, 1.54) is 6.07 Å². The Hall–Kier alpha value is -3.47. The van der Waals surface area contributed by atoms with Crippen molar-refractivity contribution in [2.45, 2.75) is 44.3 Å². The van der Waals surface area contributed by atoms with Gasteiger partial charge < -0.3 is 26.0 Å². The van der Waals surface area contributed by atoms with Gasteiger partial charge in [-0.15, -0.1) is 0 Å². The fourth-order valence-electron chi connectivity index (χ4n) is 5.06. The standard InChI is InChI=1S/C26H28ClF3N4O4/c27-20-13-15(12-19(23(20)31)26(28,29)30)11-17(24(36)37)14-22(35)33-8-6-18(7-9-33)34-10-5-16-3-1-2-4-21(16)32-25(34)38/h1-4,12-13,17-18H,5-11,14,31H2,(H,32,38)(H,36,37). The zero-order valence-corrected chi connectivity index (χ0v) is 21.2. The molecule has 1 saturated heterocycles. The number of halogens is 4. The molecule has 204 valence electrons. The summed E-state index contributed by atoms with van der Waals surface area (Å²) in [5.74, 6) is -2.94. The molecule has 2 aliphatic heterocycles. The first-order valence-corrected chi connectivity index (χ1v) is 12.6. The van der Waals surface area contributed by atoms with E-state index in [4.69, 9.17) is 17.3 Å². The Morgan fingerprint density at radius 3 is 2.50 bits per heavy atom. The molecule has 38 heavy (non-hydrogen) atoms. The second-order valence-electron chi connectivity index (χ2n) is 9.62. The molecule has 12 heteroatoms. The molecule has 8 nitrogen and oxygen atoms in total. The monoisotopic (exact) mass is 552 g/mol. The van der Waals surface area contributed by atoms with E-state index in [1.54, 1.807) is 9.80 Å². The van der Waals surface area contributed by atoms with Gasteiger partial charge >= 0.3 is 18.2 Å². The highest BCUT2D eigenvalue weighted by atomic mass is 35.5. The van der Waals surface area contributed by atoms with Gasteiger partial charge in [0.1, 0.15) is 0 Å². The van der Waals surface area contributed by atoms with Gasteiger partial charge in [0.15, 0.2) is 0 Å². The van der Waals surface area contributed by atoms with Crippen LogP contribution in [0, 0.1) is 5.92 Å². The number of nitrogen functional groups attached to an aromatic ring is 1. The molecule has 0 bridgehead atoms. The van der Waals surface area contributed by atoms with Crippen LogP contribution in [0.25, 0.3) is 0 Å². The molecule has 4 rings (SSSR count). The van der Waals surface area contributed by atoms with E-state index < -0.39 is 35.2 Å². The summed E-state index contributed by atoms with van der Waals surface area (Å²) in [7, 11) is 0. The Kier molecular flexibility index (Phi) is 8.05. The van der Waals surface area contributed by atoms with Crippen LogP contribution in [0.1, 0.15) is 36.0 Å². The molecular weight excluding hydrogens is 525 g/mol. The van der Waals surface area contributed by atoms with Gasteiger partial charge in [0.05, 0.1) is 22.2 Å². The number of benzene rings is 2. The van der Waals surface area contributed by atoms with Gasteiger partial charge in [-0.05, 0) is 55.0 Å². The number of carboxylic acids is 1. The number of hydrogen-bond donors (Lipinski definition) is 3. The molecule has 2 aromatic carbocycles. The SMILES string of the molecule is Nc1c(Cl)cc(CC(CC(=O)N2CCC(N3CCc4ccccc4NC3=O)CC2)C(=O)O)cc1C(F)(F)F. The lowest BCUT2D eigenvalue weighted by molar-refractivity contribution is -0.146. The van der Waals surface area contributed by atoms with Crippen LogP contribution in [0.2, 0.25) is 5.02 Å². The maximum Gasteiger partial charge on any atom is 0.418 e. The number of carboxylic acid groups (broad SMARTS) is 1. The largest absolute Gasteiger partial charge is 0.481 e. The Bertz CT molecular complexity index is 1230. The average molecular weight is 553 g/mol. The molecule has 0 saturated carbocycles. The van der Waals surface area contributed by atoms with E-state index >= 15 is 0 Å². The number of nitrogens with two attached hydrogens (primary N) is 1. The van der Waals surface area contributed by atoms with Crippen molar-refractivity contribution >= 4 is 40.9 Å². The number of carbonyl (C=O) groups excluding carboxylic acids is 2. The molecule has 0 spiro atoms. The second kappa shape index (κ2) is 11.1. The topological polar surface area (TPSA) is 116 Å². The molecule has 0 radical (unpaired) electrons. The lowest BCUT2D eigenvalue weighted by atomic mass is 9.93. The molecule has 1 atom stereocenters. The van der Waals surface area contributed by atoms with Gasteiger partial charge in [-0.1, -0.05) is 29.8 Å². The fourth-order valence-corrected chi connectivity index (χ4v) is 5.30. The first-order valence-electron chi connectivity index (χ1n) is 12.2. The summed E-state index contributed by atoms with van der Waals surface area (Å²) in [6.07, 6.45) is -3.65. The van der Waals surface area contributed by atoms with Crippen molar-refractivity contribution in [3.8, 4) is 0 Å². The third kappa shape index (κ3) is 6.15. The van der Waals surface area contributed by atoms with Gasteiger partial charge in [-0.3, -0.25) is 9.59 Å². The lowest BCUT2D eigenvalue weighted by Crippen LogP contribution is -2.50. The van der Waals surface area contributed by atoms with Crippen LogP contribution in [0.15, 0.2) is 36.4 Å².